The molecule has 2 aromatic heterocycles. The molecular formula is C15H18N4OS. The number of thiazole rings is 1. The summed E-state index contributed by atoms with van der Waals surface area (Å²) < 4.78 is 0. The van der Waals surface area contributed by atoms with E-state index in [0.29, 0.717) is 5.82 Å². The normalized spacial score (nSPS) is 15.5. The number of anilines is 2. The van der Waals surface area contributed by atoms with Gasteiger partial charge in [-0.3, -0.25) is 4.79 Å². The topological polar surface area (TPSA) is 66.9 Å². The fourth-order valence-corrected chi connectivity index (χ4v) is 2.81. The molecule has 0 aromatic carbocycles. The van der Waals surface area contributed by atoms with E-state index in [0.717, 1.165) is 23.5 Å². The highest BCUT2D eigenvalue weighted by Gasteiger charge is 2.29. The van der Waals surface area contributed by atoms with E-state index in [4.69, 9.17) is 0 Å². The van der Waals surface area contributed by atoms with Crippen LogP contribution in [0.3, 0.4) is 0 Å². The quantitative estimate of drug-likeness (QED) is 0.888. The minimum absolute atomic E-state index is 0.0803. The number of hydrogen-bond acceptors (Lipinski definition) is 5. The van der Waals surface area contributed by atoms with Crippen molar-refractivity contribution in [2.24, 2.45) is 5.92 Å². The standard InChI is InChI=1S/C15H18N4OS/c1-9(13-8-16-10(2)21-13)18-12-5-6-14(17-7-12)19-15(20)11-3-4-11/h5-9,11,18H,3-4H2,1-2H3,(H,17,19,20)/t9-/m1/s1. The molecule has 1 aliphatic rings. The van der Waals surface area contributed by atoms with E-state index in [1.807, 2.05) is 25.3 Å². The van der Waals surface area contributed by atoms with Crippen molar-refractivity contribution in [3.05, 3.63) is 34.4 Å². The van der Waals surface area contributed by atoms with E-state index in [2.05, 4.69) is 27.5 Å². The van der Waals surface area contributed by atoms with Gasteiger partial charge in [-0.15, -0.1) is 11.3 Å². The van der Waals surface area contributed by atoms with Gasteiger partial charge in [0.15, 0.2) is 0 Å². The molecule has 0 unspecified atom stereocenters. The van der Waals surface area contributed by atoms with Crippen molar-refractivity contribution in [3.63, 3.8) is 0 Å². The molecule has 2 N–H and O–H groups in total. The van der Waals surface area contributed by atoms with E-state index in [-0.39, 0.29) is 17.9 Å². The molecule has 0 bridgehead atoms. The number of pyridine rings is 1. The van der Waals surface area contributed by atoms with Gasteiger partial charge in [0.25, 0.3) is 0 Å². The Balaban J connectivity index is 1.59. The summed E-state index contributed by atoms with van der Waals surface area (Å²) in [6.45, 7) is 4.09. The zero-order chi connectivity index (χ0) is 14.8. The van der Waals surface area contributed by atoms with Crippen molar-refractivity contribution in [1.82, 2.24) is 9.97 Å². The molecule has 6 heteroatoms. The molecule has 0 aliphatic heterocycles. The third kappa shape index (κ3) is 3.58. The number of nitrogens with one attached hydrogen (secondary N) is 2. The summed E-state index contributed by atoms with van der Waals surface area (Å²) in [6, 6.07) is 3.94. The van der Waals surface area contributed by atoms with Gasteiger partial charge in [0.1, 0.15) is 5.82 Å². The van der Waals surface area contributed by atoms with E-state index in [1.54, 1.807) is 17.5 Å². The third-order valence-corrected chi connectivity index (χ3v) is 4.51. The number of rotatable bonds is 5. The highest BCUT2D eigenvalue weighted by molar-refractivity contribution is 7.11. The predicted octanol–water partition coefficient (Wildman–Crippen LogP) is 3.37. The summed E-state index contributed by atoms with van der Waals surface area (Å²) in [7, 11) is 0. The van der Waals surface area contributed by atoms with Crippen LogP contribution in [0.25, 0.3) is 0 Å². The van der Waals surface area contributed by atoms with E-state index in [9.17, 15) is 4.79 Å². The minimum Gasteiger partial charge on any atom is -0.376 e. The lowest BCUT2D eigenvalue weighted by molar-refractivity contribution is -0.117. The molecule has 0 spiro atoms. The van der Waals surface area contributed by atoms with Gasteiger partial charge < -0.3 is 10.6 Å². The summed E-state index contributed by atoms with van der Waals surface area (Å²) in [5, 5.41) is 7.28. The number of carbonyl (C=O) groups excluding carboxylic acids is 1. The van der Waals surface area contributed by atoms with Crippen molar-refractivity contribution in [2.45, 2.75) is 32.7 Å². The first-order chi connectivity index (χ1) is 10.1. The van der Waals surface area contributed by atoms with E-state index in [1.165, 1.54) is 4.88 Å². The van der Waals surface area contributed by atoms with Gasteiger partial charge >= 0.3 is 0 Å². The van der Waals surface area contributed by atoms with Gasteiger partial charge in [-0.05, 0) is 38.8 Å². The second-order valence-electron chi connectivity index (χ2n) is 5.34. The average Bonchev–Trinajstić information content (AvgIpc) is 3.23. The van der Waals surface area contributed by atoms with Crippen LogP contribution in [-0.2, 0) is 4.79 Å². The SMILES string of the molecule is Cc1ncc([C@@H](C)Nc2ccc(NC(=O)C3CC3)nc2)s1. The van der Waals surface area contributed by atoms with Crippen molar-refractivity contribution >= 4 is 28.7 Å². The summed E-state index contributed by atoms with van der Waals surface area (Å²) in [4.78, 5) is 21.4. The molecular weight excluding hydrogens is 284 g/mol. The third-order valence-electron chi connectivity index (χ3n) is 3.41. The molecule has 0 saturated heterocycles. The second kappa shape index (κ2) is 5.81. The largest absolute Gasteiger partial charge is 0.376 e. The van der Waals surface area contributed by atoms with Crippen molar-refractivity contribution in [3.8, 4) is 0 Å². The fraction of sp³-hybridized carbons (Fsp3) is 0.400. The molecule has 1 atom stereocenters. The van der Waals surface area contributed by atoms with Crippen LogP contribution < -0.4 is 10.6 Å². The van der Waals surface area contributed by atoms with Crippen molar-refractivity contribution in [1.29, 1.82) is 0 Å². The van der Waals surface area contributed by atoms with Crippen LogP contribution in [0, 0.1) is 12.8 Å². The molecule has 1 aliphatic carbocycles. The smallest absolute Gasteiger partial charge is 0.228 e. The Morgan fingerprint density at radius 3 is 2.71 bits per heavy atom. The second-order valence-corrected chi connectivity index (χ2v) is 6.61. The molecule has 1 amide bonds. The number of aromatic nitrogens is 2. The lowest BCUT2D eigenvalue weighted by Gasteiger charge is -2.13. The van der Waals surface area contributed by atoms with Gasteiger partial charge in [0.2, 0.25) is 5.91 Å². The van der Waals surface area contributed by atoms with Crippen LogP contribution in [0.5, 0.6) is 0 Å². The molecule has 2 aromatic rings. The molecule has 5 nitrogen and oxygen atoms in total. The minimum atomic E-state index is 0.0803. The Bertz CT molecular complexity index is 633. The first-order valence-corrected chi connectivity index (χ1v) is 7.89. The van der Waals surface area contributed by atoms with Crippen LogP contribution in [0.1, 0.15) is 35.7 Å². The predicted molar refractivity (Wildman–Crippen MR) is 84.5 cm³/mol. The molecule has 1 fully saturated rings. The Labute approximate surface area is 127 Å². The summed E-state index contributed by atoms with van der Waals surface area (Å²) >= 11 is 1.69. The fourth-order valence-electron chi connectivity index (χ4n) is 2.03. The molecule has 110 valence electrons. The first kappa shape index (κ1) is 14.0. The highest BCUT2D eigenvalue weighted by Crippen LogP contribution is 2.30. The van der Waals surface area contributed by atoms with E-state index >= 15 is 0 Å². The molecule has 21 heavy (non-hydrogen) atoms. The number of nitrogens with zero attached hydrogens (tertiary/aromatic N) is 2. The first-order valence-electron chi connectivity index (χ1n) is 7.07. The summed E-state index contributed by atoms with van der Waals surface area (Å²) in [6.07, 6.45) is 5.64. The molecule has 0 radical (unpaired) electrons. The van der Waals surface area contributed by atoms with Gasteiger partial charge in [-0.1, -0.05) is 0 Å². The maximum atomic E-state index is 11.7. The van der Waals surface area contributed by atoms with Gasteiger partial charge in [-0.25, -0.2) is 9.97 Å². The Hall–Kier alpha value is -1.95. The van der Waals surface area contributed by atoms with Gasteiger partial charge in [0, 0.05) is 17.0 Å². The molecule has 2 heterocycles. The number of amides is 1. The maximum Gasteiger partial charge on any atom is 0.228 e. The van der Waals surface area contributed by atoms with Gasteiger partial charge in [0.05, 0.1) is 22.9 Å². The monoisotopic (exact) mass is 302 g/mol. The van der Waals surface area contributed by atoms with Crippen LogP contribution in [0.2, 0.25) is 0 Å². The zero-order valence-corrected chi connectivity index (χ0v) is 12.9. The van der Waals surface area contributed by atoms with Crippen LogP contribution in [-0.4, -0.2) is 15.9 Å². The van der Waals surface area contributed by atoms with Crippen LogP contribution >= 0.6 is 11.3 Å². The van der Waals surface area contributed by atoms with Crippen LogP contribution in [0.15, 0.2) is 24.5 Å². The summed E-state index contributed by atoms with van der Waals surface area (Å²) in [5.74, 6) is 0.884. The highest BCUT2D eigenvalue weighted by atomic mass is 32.1. The number of aryl methyl sites for hydroxylation is 1. The van der Waals surface area contributed by atoms with E-state index < -0.39 is 0 Å². The van der Waals surface area contributed by atoms with Gasteiger partial charge in [-0.2, -0.15) is 0 Å². The Morgan fingerprint density at radius 2 is 2.14 bits per heavy atom. The molecule has 1 saturated carbocycles. The average molecular weight is 302 g/mol. The van der Waals surface area contributed by atoms with Crippen molar-refractivity contribution in [2.75, 3.05) is 10.6 Å². The Kier molecular flexibility index (Phi) is 3.88. The summed E-state index contributed by atoms with van der Waals surface area (Å²) in [5.41, 5.74) is 0.929. The Morgan fingerprint density at radius 1 is 1.33 bits per heavy atom. The van der Waals surface area contributed by atoms with Crippen molar-refractivity contribution < 1.29 is 4.79 Å². The lowest BCUT2D eigenvalue weighted by atomic mass is 10.3. The van der Waals surface area contributed by atoms with Crippen LogP contribution in [0.4, 0.5) is 11.5 Å². The number of carbonyl (C=O) groups is 1. The zero-order valence-electron chi connectivity index (χ0n) is 12.1. The number of hydrogen-bond donors (Lipinski definition) is 2. The lowest BCUT2D eigenvalue weighted by Crippen LogP contribution is -2.14. The maximum absolute atomic E-state index is 11.7. The molecule has 3 rings (SSSR count).